The molecule has 0 fully saturated rings. The van der Waals surface area contributed by atoms with E-state index >= 15 is 0 Å². The van der Waals surface area contributed by atoms with Crippen LogP contribution in [-0.4, -0.2) is 45.1 Å². The van der Waals surface area contributed by atoms with Crippen LogP contribution < -0.4 is 0 Å². The highest BCUT2D eigenvalue weighted by Gasteiger charge is 2.18. The second-order valence-corrected chi connectivity index (χ2v) is 13.2. The molecule has 2 aromatic heterocycles. The van der Waals surface area contributed by atoms with Gasteiger partial charge in [0, 0.05) is 20.4 Å². The van der Waals surface area contributed by atoms with Crippen LogP contribution in [0.25, 0.3) is 17.0 Å². The Morgan fingerprint density at radius 1 is 1.27 bits per heavy atom. The lowest BCUT2D eigenvalue weighted by Gasteiger charge is -2.16. The fourth-order valence-electron chi connectivity index (χ4n) is 2.67. The van der Waals surface area contributed by atoms with Crippen molar-refractivity contribution in [3.05, 3.63) is 41.7 Å². The zero-order chi connectivity index (χ0) is 18.9. The predicted octanol–water partition coefficient (Wildman–Crippen LogP) is 3.54. The summed E-state index contributed by atoms with van der Waals surface area (Å²) >= 11 is 0. The van der Waals surface area contributed by atoms with Gasteiger partial charge in [0.2, 0.25) is 5.95 Å². The fraction of sp³-hybridized carbons (Fsp3) is 0.389. The molecule has 138 valence electrons. The molecule has 26 heavy (non-hydrogen) atoms. The molecular weight excluding hydrogens is 348 g/mol. The topological polar surface area (TPSA) is 82.2 Å². The molecule has 0 unspecified atom stereocenters. The van der Waals surface area contributed by atoms with Gasteiger partial charge in [-0.2, -0.15) is 5.10 Å². The lowest BCUT2D eigenvalue weighted by atomic mass is 10.3. The number of imidazole rings is 1. The third kappa shape index (κ3) is 3.86. The van der Waals surface area contributed by atoms with Crippen molar-refractivity contribution in [1.82, 2.24) is 19.3 Å². The molecule has 0 amide bonds. The number of ether oxygens (including phenoxy) is 1. The minimum atomic E-state index is -1.16. The minimum Gasteiger partial charge on any atom is -0.476 e. The average Bonchev–Trinajstić information content (AvgIpc) is 3.11. The molecule has 1 N–H and O–H groups in total. The summed E-state index contributed by atoms with van der Waals surface area (Å²) in [6, 6.07) is 10.4. The van der Waals surface area contributed by atoms with E-state index in [0.717, 1.165) is 17.1 Å². The van der Waals surface area contributed by atoms with Crippen LogP contribution in [0.15, 0.2) is 30.3 Å². The number of carboxylic acids is 1. The number of aromatic carboxylic acids is 1. The zero-order valence-electron chi connectivity index (χ0n) is 15.6. The maximum absolute atomic E-state index is 11.2. The minimum absolute atomic E-state index is 0.000701. The van der Waals surface area contributed by atoms with E-state index < -0.39 is 14.0 Å². The van der Waals surface area contributed by atoms with E-state index in [4.69, 9.17) is 4.74 Å². The van der Waals surface area contributed by atoms with Gasteiger partial charge in [-0.3, -0.25) is 4.57 Å². The van der Waals surface area contributed by atoms with Crippen LogP contribution in [0.2, 0.25) is 25.7 Å². The first kappa shape index (κ1) is 18.3. The number of benzene rings is 1. The van der Waals surface area contributed by atoms with Gasteiger partial charge in [-0.1, -0.05) is 31.8 Å². The Kier molecular flexibility index (Phi) is 4.97. The first-order valence-electron chi connectivity index (χ1n) is 8.59. The number of nitrogens with zero attached hydrogens (tertiary/aromatic N) is 4. The van der Waals surface area contributed by atoms with Crippen LogP contribution in [0, 0.1) is 6.92 Å². The van der Waals surface area contributed by atoms with Crippen molar-refractivity contribution >= 4 is 25.1 Å². The Balaban J connectivity index is 1.96. The Bertz CT molecular complexity index is 940. The van der Waals surface area contributed by atoms with Gasteiger partial charge in [-0.25, -0.2) is 14.5 Å². The number of aromatic nitrogens is 4. The molecule has 0 radical (unpaired) electrons. The van der Waals surface area contributed by atoms with Crippen molar-refractivity contribution in [1.29, 1.82) is 0 Å². The van der Waals surface area contributed by atoms with Gasteiger partial charge in [-0.15, -0.1) is 0 Å². The maximum Gasteiger partial charge on any atom is 0.356 e. The normalized spacial score (nSPS) is 12.0. The van der Waals surface area contributed by atoms with Gasteiger partial charge < -0.3 is 9.84 Å². The Morgan fingerprint density at radius 3 is 2.65 bits per heavy atom. The molecule has 3 aromatic rings. The first-order chi connectivity index (χ1) is 12.3. The van der Waals surface area contributed by atoms with Gasteiger partial charge >= 0.3 is 5.97 Å². The summed E-state index contributed by atoms with van der Waals surface area (Å²) in [6.07, 6.45) is 0. The SMILES string of the molecule is Cc1cc(C(=O)O)nn1-c1nc2ccccc2n1COCC[Si](C)(C)C. The maximum atomic E-state index is 11.2. The van der Waals surface area contributed by atoms with E-state index in [-0.39, 0.29) is 5.69 Å². The summed E-state index contributed by atoms with van der Waals surface area (Å²) in [6.45, 7) is 9.80. The van der Waals surface area contributed by atoms with Crippen LogP contribution in [0.5, 0.6) is 0 Å². The van der Waals surface area contributed by atoms with Gasteiger partial charge in [-0.05, 0) is 31.2 Å². The van der Waals surface area contributed by atoms with Crippen LogP contribution in [0.3, 0.4) is 0 Å². The number of para-hydroxylation sites is 2. The molecule has 0 spiro atoms. The Morgan fingerprint density at radius 2 is 2.00 bits per heavy atom. The number of carboxylic acid groups (broad SMARTS) is 1. The summed E-state index contributed by atoms with van der Waals surface area (Å²) in [5.41, 5.74) is 2.46. The molecule has 0 aliphatic carbocycles. The molecule has 0 atom stereocenters. The van der Waals surface area contributed by atoms with Crippen LogP contribution in [0.4, 0.5) is 0 Å². The van der Waals surface area contributed by atoms with E-state index in [1.807, 2.05) is 35.8 Å². The highest BCUT2D eigenvalue weighted by Crippen LogP contribution is 2.21. The molecule has 0 aliphatic heterocycles. The Labute approximate surface area is 153 Å². The smallest absolute Gasteiger partial charge is 0.356 e. The van der Waals surface area contributed by atoms with Crippen LogP contribution in [-0.2, 0) is 11.5 Å². The summed E-state index contributed by atoms with van der Waals surface area (Å²) < 4.78 is 9.42. The van der Waals surface area contributed by atoms with E-state index in [9.17, 15) is 9.90 Å². The van der Waals surface area contributed by atoms with Gasteiger partial charge in [0.25, 0.3) is 0 Å². The molecule has 3 rings (SSSR count). The van der Waals surface area contributed by atoms with Crippen molar-refractivity contribution in [3.8, 4) is 5.95 Å². The van der Waals surface area contributed by atoms with Crippen LogP contribution in [0.1, 0.15) is 16.2 Å². The fourth-order valence-corrected chi connectivity index (χ4v) is 3.42. The lowest BCUT2D eigenvalue weighted by Crippen LogP contribution is -2.22. The number of fused-ring (bicyclic) bond motifs is 1. The van der Waals surface area contributed by atoms with Gasteiger partial charge in [0.05, 0.1) is 11.0 Å². The second-order valence-electron chi connectivity index (χ2n) is 7.56. The van der Waals surface area contributed by atoms with Crippen molar-refractivity contribution < 1.29 is 14.6 Å². The third-order valence-electron chi connectivity index (χ3n) is 4.15. The lowest BCUT2D eigenvalue weighted by molar-refractivity contribution is 0.0690. The van der Waals surface area contributed by atoms with Crippen molar-refractivity contribution in [2.75, 3.05) is 6.61 Å². The summed E-state index contributed by atoms with van der Waals surface area (Å²) in [4.78, 5) is 15.9. The third-order valence-corrected chi connectivity index (χ3v) is 5.85. The summed E-state index contributed by atoms with van der Waals surface area (Å²) in [7, 11) is -1.16. The van der Waals surface area contributed by atoms with Crippen molar-refractivity contribution in [3.63, 3.8) is 0 Å². The number of hydrogen-bond acceptors (Lipinski definition) is 4. The largest absolute Gasteiger partial charge is 0.476 e. The van der Waals surface area contributed by atoms with Crippen molar-refractivity contribution in [2.24, 2.45) is 0 Å². The molecule has 7 nitrogen and oxygen atoms in total. The molecule has 2 heterocycles. The zero-order valence-corrected chi connectivity index (χ0v) is 16.6. The standard InChI is InChI=1S/C18H24N4O3Si/c1-13-11-15(17(23)24)20-22(13)18-19-14-7-5-6-8-16(14)21(18)12-25-9-10-26(2,3)4/h5-8,11H,9-10,12H2,1-4H3,(H,23,24). The first-order valence-corrected chi connectivity index (χ1v) is 12.3. The molecule has 1 aromatic carbocycles. The van der Waals surface area contributed by atoms with E-state index in [0.29, 0.717) is 25.0 Å². The van der Waals surface area contributed by atoms with Gasteiger partial charge in [0.15, 0.2) is 5.69 Å². The highest BCUT2D eigenvalue weighted by atomic mass is 28.3. The number of rotatable bonds is 7. The number of carbonyl (C=O) groups is 1. The summed E-state index contributed by atoms with van der Waals surface area (Å²) in [5, 5.41) is 13.4. The number of aryl methyl sites for hydroxylation is 1. The second kappa shape index (κ2) is 7.04. The van der Waals surface area contributed by atoms with Crippen LogP contribution >= 0.6 is 0 Å². The molecule has 0 bridgehead atoms. The molecule has 8 heteroatoms. The Hall–Kier alpha value is -2.45. The van der Waals surface area contributed by atoms with E-state index in [2.05, 4.69) is 29.7 Å². The summed E-state index contributed by atoms with van der Waals surface area (Å²) in [5.74, 6) is -0.495. The van der Waals surface area contributed by atoms with E-state index in [1.54, 1.807) is 4.68 Å². The number of hydrogen-bond donors (Lipinski definition) is 1. The highest BCUT2D eigenvalue weighted by molar-refractivity contribution is 6.76. The molecular formula is C18H24N4O3Si. The average molecular weight is 373 g/mol. The predicted molar refractivity (Wildman–Crippen MR) is 103 cm³/mol. The van der Waals surface area contributed by atoms with Gasteiger partial charge in [0.1, 0.15) is 6.73 Å². The quantitative estimate of drug-likeness (QED) is 0.507. The molecule has 0 aliphatic rings. The van der Waals surface area contributed by atoms with E-state index in [1.165, 1.54) is 6.07 Å². The molecule has 0 saturated heterocycles. The van der Waals surface area contributed by atoms with Crippen molar-refractivity contribution in [2.45, 2.75) is 39.3 Å². The molecule has 0 saturated carbocycles. The monoisotopic (exact) mass is 372 g/mol.